The van der Waals surface area contributed by atoms with E-state index in [-0.39, 0.29) is 11.9 Å². The Morgan fingerprint density at radius 2 is 2.27 bits per heavy atom. The molecule has 1 fully saturated rings. The predicted molar refractivity (Wildman–Crippen MR) is 80.5 cm³/mol. The Morgan fingerprint density at radius 3 is 2.95 bits per heavy atom. The third-order valence-electron chi connectivity index (χ3n) is 3.84. The molecule has 0 aromatic carbocycles. The SMILES string of the molecule is Cn1cc(-c2nc(C(=O)N[C@@H]3CCC[C@@H]3C(=O)O)cs2)cn1. The van der Waals surface area contributed by atoms with Gasteiger partial charge in [-0.3, -0.25) is 14.3 Å². The molecule has 7 nitrogen and oxygen atoms in total. The number of nitrogens with one attached hydrogen (secondary N) is 1. The minimum absolute atomic E-state index is 0.312. The first kappa shape index (κ1) is 14.7. The van der Waals surface area contributed by atoms with Crippen LogP contribution in [-0.2, 0) is 11.8 Å². The number of aliphatic carboxylic acids is 1. The van der Waals surface area contributed by atoms with Crippen molar-refractivity contribution in [1.82, 2.24) is 20.1 Å². The summed E-state index contributed by atoms with van der Waals surface area (Å²) in [4.78, 5) is 27.7. The van der Waals surface area contributed by atoms with Gasteiger partial charge in [0.25, 0.3) is 5.91 Å². The summed E-state index contributed by atoms with van der Waals surface area (Å²) >= 11 is 1.37. The number of thiazole rings is 1. The van der Waals surface area contributed by atoms with Crippen LogP contribution in [0.25, 0.3) is 10.6 Å². The van der Waals surface area contributed by atoms with E-state index in [0.29, 0.717) is 18.5 Å². The van der Waals surface area contributed by atoms with Crippen LogP contribution in [0.3, 0.4) is 0 Å². The normalized spacial score (nSPS) is 21.0. The van der Waals surface area contributed by atoms with Gasteiger partial charge in [-0.2, -0.15) is 5.10 Å². The summed E-state index contributed by atoms with van der Waals surface area (Å²) in [6.07, 6.45) is 5.65. The summed E-state index contributed by atoms with van der Waals surface area (Å²) < 4.78 is 1.67. The molecular formula is C14H16N4O3S. The van der Waals surface area contributed by atoms with Crippen LogP contribution < -0.4 is 5.32 Å². The molecule has 0 radical (unpaired) electrons. The molecule has 22 heavy (non-hydrogen) atoms. The highest BCUT2D eigenvalue weighted by Crippen LogP contribution is 2.27. The topological polar surface area (TPSA) is 97.1 Å². The average Bonchev–Trinajstić information content (AvgIpc) is 3.16. The Morgan fingerprint density at radius 1 is 1.45 bits per heavy atom. The number of hydrogen-bond donors (Lipinski definition) is 2. The Labute approximate surface area is 131 Å². The predicted octanol–water partition coefficient (Wildman–Crippen LogP) is 1.53. The Bertz CT molecular complexity index is 709. The number of aryl methyl sites for hydroxylation is 1. The molecule has 2 heterocycles. The van der Waals surface area contributed by atoms with Gasteiger partial charge in [0.1, 0.15) is 10.7 Å². The van der Waals surface area contributed by atoms with E-state index >= 15 is 0 Å². The first-order valence-corrected chi connectivity index (χ1v) is 7.91. The minimum Gasteiger partial charge on any atom is -0.481 e. The molecule has 1 aliphatic rings. The Hall–Kier alpha value is -2.22. The van der Waals surface area contributed by atoms with Crippen LogP contribution in [0.2, 0.25) is 0 Å². The zero-order valence-electron chi connectivity index (χ0n) is 12.0. The molecule has 1 aliphatic carbocycles. The molecule has 0 aliphatic heterocycles. The third-order valence-corrected chi connectivity index (χ3v) is 4.73. The van der Waals surface area contributed by atoms with E-state index in [2.05, 4.69) is 15.4 Å². The van der Waals surface area contributed by atoms with Crippen molar-refractivity contribution in [2.24, 2.45) is 13.0 Å². The van der Waals surface area contributed by atoms with Crippen LogP contribution in [-0.4, -0.2) is 37.8 Å². The van der Waals surface area contributed by atoms with Crippen molar-refractivity contribution >= 4 is 23.2 Å². The Balaban J connectivity index is 1.71. The molecule has 0 saturated heterocycles. The minimum atomic E-state index is -0.850. The van der Waals surface area contributed by atoms with E-state index in [0.717, 1.165) is 17.0 Å². The van der Waals surface area contributed by atoms with Crippen LogP contribution in [0.4, 0.5) is 0 Å². The molecule has 116 valence electrons. The van der Waals surface area contributed by atoms with Gasteiger partial charge >= 0.3 is 5.97 Å². The molecule has 0 spiro atoms. The first-order valence-electron chi connectivity index (χ1n) is 7.03. The molecule has 1 amide bonds. The second-order valence-electron chi connectivity index (χ2n) is 5.40. The van der Waals surface area contributed by atoms with E-state index in [1.165, 1.54) is 11.3 Å². The van der Waals surface area contributed by atoms with Gasteiger partial charge in [-0.1, -0.05) is 6.42 Å². The lowest BCUT2D eigenvalue weighted by Crippen LogP contribution is -2.40. The number of carbonyl (C=O) groups is 2. The van der Waals surface area contributed by atoms with Crippen molar-refractivity contribution < 1.29 is 14.7 Å². The monoisotopic (exact) mass is 320 g/mol. The number of carbonyl (C=O) groups excluding carboxylic acids is 1. The fourth-order valence-electron chi connectivity index (χ4n) is 2.71. The van der Waals surface area contributed by atoms with Gasteiger partial charge in [0.2, 0.25) is 0 Å². The molecule has 0 unspecified atom stereocenters. The van der Waals surface area contributed by atoms with Gasteiger partial charge in [0.15, 0.2) is 0 Å². The van der Waals surface area contributed by atoms with Crippen molar-refractivity contribution in [3.8, 4) is 10.6 Å². The molecule has 2 aromatic rings. The van der Waals surface area contributed by atoms with Gasteiger partial charge < -0.3 is 10.4 Å². The van der Waals surface area contributed by atoms with Crippen molar-refractivity contribution in [2.45, 2.75) is 25.3 Å². The number of carboxylic acids is 1. The highest BCUT2D eigenvalue weighted by atomic mass is 32.1. The fraction of sp³-hybridized carbons (Fsp3) is 0.429. The van der Waals surface area contributed by atoms with Gasteiger partial charge in [-0.05, 0) is 12.8 Å². The number of amides is 1. The second-order valence-corrected chi connectivity index (χ2v) is 6.25. The zero-order valence-corrected chi connectivity index (χ0v) is 12.8. The molecule has 8 heteroatoms. The van der Waals surface area contributed by atoms with Crippen LogP contribution >= 0.6 is 11.3 Å². The molecule has 0 bridgehead atoms. The summed E-state index contributed by atoms with van der Waals surface area (Å²) in [6, 6.07) is -0.312. The average molecular weight is 320 g/mol. The van der Waals surface area contributed by atoms with E-state index in [1.807, 2.05) is 13.2 Å². The summed E-state index contributed by atoms with van der Waals surface area (Å²) in [5.41, 5.74) is 1.18. The van der Waals surface area contributed by atoms with Crippen LogP contribution in [0.15, 0.2) is 17.8 Å². The summed E-state index contributed by atoms with van der Waals surface area (Å²) in [6.45, 7) is 0. The summed E-state index contributed by atoms with van der Waals surface area (Å²) in [5.74, 6) is -1.66. The zero-order chi connectivity index (χ0) is 15.7. The second kappa shape index (κ2) is 5.88. The van der Waals surface area contributed by atoms with Gasteiger partial charge in [0.05, 0.1) is 12.1 Å². The van der Waals surface area contributed by atoms with E-state index in [9.17, 15) is 9.59 Å². The summed E-state index contributed by atoms with van der Waals surface area (Å²) in [5, 5.41) is 18.4. The molecule has 2 aromatic heterocycles. The molecular weight excluding hydrogens is 304 g/mol. The van der Waals surface area contributed by atoms with Crippen molar-refractivity contribution in [3.05, 3.63) is 23.5 Å². The van der Waals surface area contributed by atoms with Crippen molar-refractivity contribution in [2.75, 3.05) is 0 Å². The van der Waals surface area contributed by atoms with Crippen LogP contribution in [0.1, 0.15) is 29.8 Å². The lowest BCUT2D eigenvalue weighted by molar-refractivity contribution is -0.142. The molecule has 1 saturated carbocycles. The maximum atomic E-state index is 12.2. The quantitative estimate of drug-likeness (QED) is 0.890. The molecule has 2 N–H and O–H groups in total. The lowest BCUT2D eigenvalue weighted by atomic mass is 10.0. The van der Waals surface area contributed by atoms with Gasteiger partial charge in [0, 0.05) is 30.2 Å². The van der Waals surface area contributed by atoms with Crippen LogP contribution in [0, 0.1) is 5.92 Å². The first-order chi connectivity index (χ1) is 10.5. The van der Waals surface area contributed by atoms with Gasteiger partial charge in [-0.25, -0.2) is 4.98 Å². The lowest BCUT2D eigenvalue weighted by Gasteiger charge is -2.16. The number of aromatic nitrogens is 3. The number of hydrogen-bond acceptors (Lipinski definition) is 5. The van der Waals surface area contributed by atoms with Crippen molar-refractivity contribution in [1.29, 1.82) is 0 Å². The number of rotatable bonds is 4. The standard InChI is InChI=1S/C14H16N4O3S/c1-18-6-8(5-15-18)13-17-11(7-22-13)12(19)16-10-4-2-3-9(10)14(20)21/h5-7,9-10H,2-4H2,1H3,(H,16,19)(H,20,21)/t9-,10+/m0/s1. The highest BCUT2D eigenvalue weighted by molar-refractivity contribution is 7.13. The molecule has 3 rings (SSSR count). The van der Waals surface area contributed by atoms with E-state index < -0.39 is 11.9 Å². The van der Waals surface area contributed by atoms with Gasteiger partial charge in [-0.15, -0.1) is 11.3 Å². The number of carboxylic acid groups (broad SMARTS) is 1. The van der Waals surface area contributed by atoms with E-state index in [4.69, 9.17) is 5.11 Å². The number of nitrogens with zero attached hydrogens (tertiary/aromatic N) is 3. The highest BCUT2D eigenvalue weighted by Gasteiger charge is 2.34. The molecule has 2 atom stereocenters. The summed E-state index contributed by atoms with van der Waals surface area (Å²) in [7, 11) is 1.82. The fourth-order valence-corrected chi connectivity index (χ4v) is 3.49. The largest absolute Gasteiger partial charge is 0.481 e. The maximum absolute atomic E-state index is 12.2. The Kier molecular flexibility index (Phi) is 3.93. The maximum Gasteiger partial charge on any atom is 0.308 e. The van der Waals surface area contributed by atoms with E-state index in [1.54, 1.807) is 16.3 Å². The smallest absolute Gasteiger partial charge is 0.308 e. The van der Waals surface area contributed by atoms with Crippen LogP contribution in [0.5, 0.6) is 0 Å². The third kappa shape index (κ3) is 2.87. The van der Waals surface area contributed by atoms with Crippen molar-refractivity contribution in [3.63, 3.8) is 0 Å².